The minimum Gasteiger partial charge on any atom is -0.317 e. The van der Waals surface area contributed by atoms with E-state index in [9.17, 15) is 0 Å². The van der Waals surface area contributed by atoms with Crippen LogP contribution in [0.3, 0.4) is 0 Å². The second-order valence-electron chi connectivity index (χ2n) is 7.45. The van der Waals surface area contributed by atoms with Crippen molar-refractivity contribution in [2.24, 2.45) is 0 Å². The first kappa shape index (κ1) is 23.9. The smallest absolute Gasteiger partial charge is 0.00368 e. The van der Waals surface area contributed by atoms with Gasteiger partial charge >= 0.3 is 0 Å². The Morgan fingerprint density at radius 2 is 0.667 bits per heavy atom. The Bertz CT molecular complexity index is 184. The molecule has 0 aliphatic carbocycles. The second-order valence-corrected chi connectivity index (χ2v) is 7.45. The van der Waals surface area contributed by atoms with Crippen LogP contribution in [-0.2, 0) is 0 Å². The van der Waals surface area contributed by atoms with Gasteiger partial charge in [-0.05, 0) is 45.4 Å². The van der Waals surface area contributed by atoms with Gasteiger partial charge in [0.1, 0.15) is 0 Å². The molecule has 0 rings (SSSR count). The molecular weight excluding hydrogens is 292 g/mol. The summed E-state index contributed by atoms with van der Waals surface area (Å²) in [4.78, 5) is 0. The van der Waals surface area contributed by atoms with Gasteiger partial charge in [0.2, 0.25) is 0 Å². The number of hydrogen-bond donors (Lipinski definition) is 2. The Morgan fingerprint density at radius 1 is 0.333 bits per heavy atom. The number of rotatable bonds is 21. The van der Waals surface area contributed by atoms with Crippen molar-refractivity contribution in [1.29, 1.82) is 0 Å². The highest BCUT2D eigenvalue weighted by atomic mass is 14.9. The van der Waals surface area contributed by atoms with Crippen LogP contribution in [-0.4, -0.2) is 26.2 Å². The highest BCUT2D eigenvalue weighted by Crippen LogP contribution is 2.12. The molecular formula is C22H48N2. The zero-order chi connectivity index (χ0) is 17.6. The second kappa shape index (κ2) is 22.9. The fourth-order valence-corrected chi connectivity index (χ4v) is 3.16. The molecule has 0 aromatic heterocycles. The van der Waals surface area contributed by atoms with Gasteiger partial charge in [-0.25, -0.2) is 0 Å². The normalized spacial score (nSPS) is 11.2. The summed E-state index contributed by atoms with van der Waals surface area (Å²) in [7, 11) is 0. The molecule has 0 saturated heterocycles. The van der Waals surface area contributed by atoms with E-state index in [1.165, 1.54) is 129 Å². The van der Waals surface area contributed by atoms with Gasteiger partial charge < -0.3 is 10.6 Å². The van der Waals surface area contributed by atoms with E-state index in [1.807, 2.05) is 0 Å². The average Bonchev–Trinajstić information content (AvgIpc) is 2.60. The Morgan fingerprint density at radius 3 is 1.12 bits per heavy atom. The molecule has 0 radical (unpaired) electrons. The van der Waals surface area contributed by atoms with E-state index in [-0.39, 0.29) is 0 Å². The molecule has 0 aromatic rings. The average molecular weight is 341 g/mol. The van der Waals surface area contributed by atoms with E-state index in [2.05, 4.69) is 24.5 Å². The molecule has 146 valence electrons. The van der Waals surface area contributed by atoms with Crippen molar-refractivity contribution in [2.75, 3.05) is 26.2 Å². The third kappa shape index (κ3) is 21.9. The summed E-state index contributed by atoms with van der Waals surface area (Å²) in [5.41, 5.74) is 0. The van der Waals surface area contributed by atoms with Crippen LogP contribution in [0.25, 0.3) is 0 Å². The molecule has 2 nitrogen and oxygen atoms in total. The van der Waals surface area contributed by atoms with Gasteiger partial charge in [-0.1, -0.05) is 97.3 Å². The van der Waals surface area contributed by atoms with Gasteiger partial charge in [-0.2, -0.15) is 0 Å². The van der Waals surface area contributed by atoms with Crippen LogP contribution in [0, 0.1) is 0 Å². The molecule has 24 heavy (non-hydrogen) atoms. The largest absolute Gasteiger partial charge is 0.317 e. The quantitative estimate of drug-likeness (QED) is 0.235. The van der Waals surface area contributed by atoms with E-state index in [1.54, 1.807) is 0 Å². The van der Waals surface area contributed by atoms with Crippen LogP contribution < -0.4 is 10.6 Å². The van der Waals surface area contributed by atoms with Gasteiger partial charge in [-0.15, -0.1) is 0 Å². The number of nitrogens with one attached hydrogen (secondary N) is 2. The summed E-state index contributed by atoms with van der Waals surface area (Å²) in [6, 6.07) is 0. The fourth-order valence-electron chi connectivity index (χ4n) is 3.16. The third-order valence-corrected chi connectivity index (χ3v) is 4.87. The van der Waals surface area contributed by atoms with Crippen molar-refractivity contribution in [3.63, 3.8) is 0 Å². The summed E-state index contributed by atoms with van der Waals surface area (Å²) >= 11 is 0. The van der Waals surface area contributed by atoms with Crippen molar-refractivity contribution in [2.45, 2.75) is 117 Å². The van der Waals surface area contributed by atoms with Crippen molar-refractivity contribution >= 4 is 0 Å². The maximum Gasteiger partial charge on any atom is -0.00368 e. The van der Waals surface area contributed by atoms with E-state index >= 15 is 0 Å². The van der Waals surface area contributed by atoms with Crippen LogP contribution >= 0.6 is 0 Å². The lowest BCUT2D eigenvalue weighted by atomic mass is 10.0. The van der Waals surface area contributed by atoms with Gasteiger partial charge in [0.25, 0.3) is 0 Å². The molecule has 2 N–H and O–H groups in total. The van der Waals surface area contributed by atoms with Crippen LogP contribution in [0.5, 0.6) is 0 Å². The lowest BCUT2D eigenvalue weighted by Crippen LogP contribution is -2.23. The molecule has 0 aliphatic rings. The fraction of sp³-hybridized carbons (Fsp3) is 1.00. The Kier molecular flexibility index (Phi) is 22.8. The van der Waals surface area contributed by atoms with Crippen LogP contribution in [0.2, 0.25) is 0 Å². The van der Waals surface area contributed by atoms with Crippen LogP contribution in [0.15, 0.2) is 0 Å². The van der Waals surface area contributed by atoms with Crippen molar-refractivity contribution in [3.8, 4) is 0 Å². The lowest BCUT2D eigenvalue weighted by Gasteiger charge is -2.06. The Hall–Kier alpha value is -0.0800. The lowest BCUT2D eigenvalue weighted by molar-refractivity contribution is 0.527. The molecule has 0 spiro atoms. The predicted molar refractivity (Wildman–Crippen MR) is 111 cm³/mol. The molecule has 0 amide bonds. The highest BCUT2D eigenvalue weighted by Gasteiger charge is 1.94. The topological polar surface area (TPSA) is 24.1 Å². The first-order chi connectivity index (χ1) is 11.9. The summed E-state index contributed by atoms with van der Waals surface area (Å²) in [5, 5.41) is 7.07. The summed E-state index contributed by atoms with van der Waals surface area (Å²) in [6.45, 7) is 9.30. The van der Waals surface area contributed by atoms with Gasteiger partial charge in [0, 0.05) is 0 Å². The van der Waals surface area contributed by atoms with Crippen molar-refractivity contribution in [3.05, 3.63) is 0 Å². The Labute approximate surface area is 154 Å². The Balaban J connectivity index is 2.93. The van der Waals surface area contributed by atoms with Crippen LogP contribution in [0.4, 0.5) is 0 Å². The molecule has 0 fully saturated rings. The molecule has 0 aliphatic heterocycles. The third-order valence-electron chi connectivity index (χ3n) is 4.87. The first-order valence-electron chi connectivity index (χ1n) is 11.3. The first-order valence-corrected chi connectivity index (χ1v) is 11.3. The number of unbranched alkanes of at least 4 members (excludes halogenated alkanes) is 13. The maximum absolute atomic E-state index is 3.58. The van der Waals surface area contributed by atoms with Gasteiger partial charge in [0.15, 0.2) is 0 Å². The monoisotopic (exact) mass is 340 g/mol. The van der Waals surface area contributed by atoms with Gasteiger partial charge in [0.05, 0.1) is 0 Å². The van der Waals surface area contributed by atoms with Gasteiger partial charge in [-0.3, -0.25) is 0 Å². The number of hydrogen-bond acceptors (Lipinski definition) is 2. The minimum absolute atomic E-state index is 1.17. The molecule has 0 unspecified atom stereocenters. The van der Waals surface area contributed by atoms with Crippen molar-refractivity contribution in [1.82, 2.24) is 10.6 Å². The highest BCUT2D eigenvalue weighted by molar-refractivity contribution is 4.53. The van der Waals surface area contributed by atoms with E-state index in [4.69, 9.17) is 0 Å². The summed E-state index contributed by atoms with van der Waals surface area (Å²) < 4.78 is 0. The molecule has 0 saturated carbocycles. The van der Waals surface area contributed by atoms with E-state index in [0.29, 0.717) is 0 Å². The van der Waals surface area contributed by atoms with Crippen molar-refractivity contribution < 1.29 is 0 Å². The molecule has 0 atom stereocenters. The zero-order valence-electron chi connectivity index (χ0n) is 17.1. The summed E-state index contributed by atoms with van der Waals surface area (Å²) in [5.74, 6) is 0. The van der Waals surface area contributed by atoms with E-state index < -0.39 is 0 Å². The SMILES string of the molecule is CCCCCCCCCCCCCCCNCCCNCCCC. The zero-order valence-corrected chi connectivity index (χ0v) is 17.1. The minimum atomic E-state index is 1.17. The molecule has 0 bridgehead atoms. The maximum atomic E-state index is 3.58. The molecule has 0 aromatic carbocycles. The standard InChI is InChI=1S/C22H48N2/c1-3-5-7-8-9-10-11-12-13-14-15-16-17-20-24-22-18-21-23-19-6-4-2/h23-24H,3-22H2,1-2H3. The molecule has 0 heterocycles. The summed E-state index contributed by atoms with van der Waals surface area (Å²) in [6.07, 6.45) is 22.6. The van der Waals surface area contributed by atoms with E-state index in [0.717, 1.165) is 0 Å². The molecule has 2 heteroatoms. The predicted octanol–water partition coefficient (Wildman–Crippen LogP) is 6.45. The van der Waals surface area contributed by atoms with Crippen LogP contribution in [0.1, 0.15) is 117 Å².